The van der Waals surface area contributed by atoms with E-state index in [0.29, 0.717) is 6.42 Å². The van der Waals surface area contributed by atoms with Crippen molar-refractivity contribution in [2.75, 3.05) is 0 Å². The maximum absolute atomic E-state index is 10.8. The minimum absolute atomic E-state index is 0.222. The zero-order chi connectivity index (χ0) is 12.3. The number of ketones is 1. The lowest BCUT2D eigenvalue weighted by atomic mass is 10.0. The molecule has 0 atom stereocenters. The van der Waals surface area contributed by atoms with Gasteiger partial charge in [-0.15, -0.1) is 0 Å². The molecule has 86 valence electrons. The number of hydrogen-bond donors (Lipinski definition) is 0. The van der Waals surface area contributed by atoms with Gasteiger partial charge in [-0.2, -0.15) is 0 Å². The van der Waals surface area contributed by atoms with Crippen LogP contribution < -0.4 is 0 Å². The van der Waals surface area contributed by atoms with Crippen LogP contribution in [0, 0.1) is 6.92 Å². The summed E-state index contributed by atoms with van der Waals surface area (Å²) in [6.45, 7) is 11.6. The van der Waals surface area contributed by atoms with Gasteiger partial charge in [-0.3, -0.25) is 4.79 Å². The highest BCUT2D eigenvalue weighted by atomic mass is 16.1. The fourth-order valence-electron chi connectivity index (χ4n) is 1.08. The van der Waals surface area contributed by atoms with Crippen molar-refractivity contribution in [1.29, 1.82) is 0 Å². The molecule has 0 unspecified atom stereocenters. The van der Waals surface area contributed by atoms with E-state index in [1.807, 2.05) is 58.9 Å². The maximum Gasteiger partial charge on any atom is 0.134 e. The predicted octanol–water partition coefficient (Wildman–Crippen LogP) is 4.18. The van der Waals surface area contributed by atoms with Crippen molar-refractivity contribution in [2.24, 2.45) is 0 Å². The van der Waals surface area contributed by atoms with Crippen LogP contribution >= 0.6 is 0 Å². The second-order valence-corrected chi connectivity index (χ2v) is 2.81. The smallest absolute Gasteiger partial charge is 0.134 e. The van der Waals surface area contributed by atoms with Crippen LogP contribution in [-0.4, -0.2) is 5.78 Å². The molecule has 15 heavy (non-hydrogen) atoms. The van der Waals surface area contributed by atoms with Crippen molar-refractivity contribution in [2.45, 2.75) is 48.0 Å². The molecule has 0 aliphatic rings. The Morgan fingerprint density at radius 1 is 1.07 bits per heavy atom. The summed E-state index contributed by atoms with van der Waals surface area (Å²) >= 11 is 0. The van der Waals surface area contributed by atoms with Gasteiger partial charge in [0.15, 0.2) is 0 Å². The normalized spacial score (nSPS) is 7.87. The van der Waals surface area contributed by atoms with Gasteiger partial charge in [0.1, 0.15) is 5.78 Å². The van der Waals surface area contributed by atoms with E-state index in [1.165, 1.54) is 5.56 Å². The quantitative estimate of drug-likeness (QED) is 0.712. The second-order valence-electron chi connectivity index (χ2n) is 2.81. The Labute approximate surface area is 94.5 Å². The van der Waals surface area contributed by atoms with Gasteiger partial charge >= 0.3 is 0 Å². The number of rotatable bonds is 2. The molecule has 0 aromatic heterocycles. The predicted molar refractivity (Wildman–Crippen MR) is 68.3 cm³/mol. The molecule has 0 saturated carbocycles. The van der Waals surface area contributed by atoms with Crippen LogP contribution in [0.25, 0.3) is 0 Å². The van der Waals surface area contributed by atoms with Gasteiger partial charge in [0.25, 0.3) is 0 Å². The monoisotopic (exact) mass is 208 g/mol. The molecule has 0 heterocycles. The van der Waals surface area contributed by atoms with E-state index in [2.05, 4.69) is 0 Å². The van der Waals surface area contributed by atoms with Gasteiger partial charge in [0.05, 0.1) is 0 Å². The first kappa shape index (κ1) is 16.3. The summed E-state index contributed by atoms with van der Waals surface area (Å²) in [5.41, 5.74) is 2.34. The van der Waals surface area contributed by atoms with Crippen molar-refractivity contribution in [3.63, 3.8) is 0 Å². The fraction of sp³-hybridized carbons (Fsp3) is 0.500. The molecule has 1 aromatic carbocycles. The lowest BCUT2D eigenvalue weighted by Gasteiger charge is -2.00. The van der Waals surface area contributed by atoms with Crippen molar-refractivity contribution in [3.05, 3.63) is 35.4 Å². The summed E-state index contributed by atoms with van der Waals surface area (Å²) in [6.07, 6.45) is 0.562. The van der Waals surface area contributed by atoms with Gasteiger partial charge in [-0.25, -0.2) is 0 Å². The summed E-state index contributed by atoms with van der Waals surface area (Å²) < 4.78 is 0. The summed E-state index contributed by atoms with van der Waals surface area (Å²) in [4.78, 5) is 10.8. The number of aryl methyl sites for hydroxylation is 1. The van der Waals surface area contributed by atoms with Crippen LogP contribution in [0.3, 0.4) is 0 Å². The summed E-state index contributed by atoms with van der Waals surface area (Å²) in [7, 11) is 0. The van der Waals surface area contributed by atoms with E-state index >= 15 is 0 Å². The topological polar surface area (TPSA) is 17.1 Å². The number of carbonyl (C=O) groups excluding carboxylic acids is 1. The van der Waals surface area contributed by atoms with E-state index in [4.69, 9.17) is 0 Å². The number of Topliss-reactive ketones (excluding diaryl/α,β-unsaturated/α-hetero) is 1. The highest BCUT2D eigenvalue weighted by Crippen LogP contribution is 2.07. The molecule has 1 heteroatoms. The summed E-state index contributed by atoms with van der Waals surface area (Å²) in [6, 6.07) is 7.97. The van der Waals surface area contributed by atoms with Crippen molar-refractivity contribution < 1.29 is 4.79 Å². The van der Waals surface area contributed by atoms with Crippen LogP contribution in [-0.2, 0) is 11.2 Å². The Hall–Kier alpha value is -1.11. The number of carbonyl (C=O) groups is 1. The molecule has 1 nitrogen and oxygen atoms in total. The molecule has 0 amide bonds. The van der Waals surface area contributed by atoms with Gasteiger partial charge in [0, 0.05) is 6.42 Å². The van der Waals surface area contributed by atoms with Gasteiger partial charge in [-0.05, 0) is 25.0 Å². The lowest BCUT2D eigenvalue weighted by Crippen LogP contribution is -1.97. The molecule has 1 rings (SSSR count). The molecule has 0 saturated heterocycles. The Kier molecular flexibility index (Phi) is 11.9. The molecule has 0 spiro atoms. The largest absolute Gasteiger partial charge is 0.300 e. The van der Waals surface area contributed by atoms with Crippen molar-refractivity contribution >= 4 is 5.78 Å². The zero-order valence-corrected chi connectivity index (χ0v) is 10.9. The first-order chi connectivity index (χ1) is 7.20. The van der Waals surface area contributed by atoms with E-state index in [0.717, 1.165) is 5.56 Å². The third kappa shape index (κ3) is 7.92. The SMILES string of the molecule is CC.CC.CC(=O)Cc1ccccc1C. The Balaban J connectivity index is 0. The van der Waals surface area contributed by atoms with E-state index in [-0.39, 0.29) is 5.78 Å². The molecule has 0 bridgehead atoms. The van der Waals surface area contributed by atoms with Crippen LogP contribution in [0.5, 0.6) is 0 Å². The average Bonchev–Trinajstić information content (AvgIpc) is 2.27. The maximum atomic E-state index is 10.8. The van der Waals surface area contributed by atoms with Crippen LogP contribution in [0.2, 0.25) is 0 Å². The van der Waals surface area contributed by atoms with Crippen LogP contribution in [0.1, 0.15) is 45.7 Å². The van der Waals surface area contributed by atoms with Crippen molar-refractivity contribution in [3.8, 4) is 0 Å². The Morgan fingerprint density at radius 3 is 1.93 bits per heavy atom. The first-order valence-corrected chi connectivity index (χ1v) is 5.74. The zero-order valence-electron chi connectivity index (χ0n) is 10.9. The average molecular weight is 208 g/mol. The number of benzene rings is 1. The fourth-order valence-corrected chi connectivity index (χ4v) is 1.08. The van der Waals surface area contributed by atoms with Gasteiger partial charge < -0.3 is 0 Å². The molecule has 0 N–H and O–H groups in total. The third-order valence-corrected chi connectivity index (χ3v) is 1.70. The van der Waals surface area contributed by atoms with E-state index in [9.17, 15) is 4.79 Å². The molecule has 0 aliphatic heterocycles. The Morgan fingerprint density at radius 2 is 1.53 bits per heavy atom. The highest BCUT2D eigenvalue weighted by molar-refractivity contribution is 5.78. The molecular weight excluding hydrogens is 184 g/mol. The van der Waals surface area contributed by atoms with Gasteiger partial charge in [0.2, 0.25) is 0 Å². The lowest BCUT2D eigenvalue weighted by molar-refractivity contribution is -0.116. The molecule has 0 aliphatic carbocycles. The van der Waals surface area contributed by atoms with Crippen molar-refractivity contribution in [1.82, 2.24) is 0 Å². The van der Waals surface area contributed by atoms with Crippen LogP contribution in [0.15, 0.2) is 24.3 Å². The van der Waals surface area contributed by atoms with Crippen LogP contribution in [0.4, 0.5) is 0 Å². The minimum atomic E-state index is 0.222. The molecule has 1 aromatic rings. The van der Waals surface area contributed by atoms with Gasteiger partial charge in [-0.1, -0.05) is 52.0 Å². The molecule has 0 radical (unpaired) electrons. The summed E-state index contributed by atoms with van der Waals surface area (Å²) in [5.74, 6) is 0.222. The molecule has 0 fully saturated rings. The minimum Gasteiger partial charge on any atom is -0.300 e. The molecular formula is C14H24O. The van der Waals surface area contributed by atoms with E-state index < -0.39 is 0 Å². The summed E-state index contributed by atoms with van der Waals surface area (Å²) in [5, 5.41) is 0. The Bertz CT molecular complexity index is 264. The third-order valence-electron chi connectivity index (χ3n) is 1.70. The first-order valence-electron chi connectivity index (χ1n) is 5.74. The highest BCUT2D eigenvalue weighted by Gasteiger charge is 1.98. The van der Waals surface area contributed by atoms with E-state index in [1.54, 1.807) is 6.92 Å². The number of hydrogen-bond acceptors (Lipinski definition) is 1. The second kappa shape index (κ2) is 11.0. The standard InChI is InChI=1S/C10H12O.2C2H6/c1-8-5-3-4-6-10(8)7-9(2)11;2*1-2/h3-6H,7H2,1-2H3;2*1-2H3.